The van der Waals surface area contributed by atoms with Gasteiger partial charge in [0.15, 0.2) is 11.2 Å². The van der Waals surface area contributed by atoms with Crippen molar-refractivity contribution in [3.8, 4) is 22.8 Å². The summed E-state index contributed by atoms with van der Waals surface area (Å²) in [5, 5.41) is 0. The number of carbonyl (C=O) groups excluding carboxylic acids is 2. The summed E-state index contributed by atoms with van der Waals surface area (Å²) in [4.78, 5) is 29.8. The van der Waals surface area contributed by atoms with E-state index in [2.05, 4.69) is 25.8 Å². The molecule has 0 saturated heterocycles. The van der Waals surface area contributed by atoms with Gasteiger partial charge in [-0.2, -0.15) is 0 Å². The van der Waals surface area contributed by atoms with Crippen LogP contribution in [-0.2, 0) is 21.4 Å². The lowest BCUT2D eigenvalue weighted by atomic mass is 9.85. The number of hydrogen-bond donors (Lipinski definition) is 0. The summed E-state index contributed by atoms with van der Waals surface area (Å²) in [6.45, 7) is 8.38. The van der Waals surface area contributed by atoms with Gasteiger partial charge in [0.05, 0.1) is 27.2 Å². The lowest BCUT2D eigenvalue weighted by molar-refractivity contribution is -0.142. The fraction of sp³-hybridized carbons (Fsp3) is 0.409. The number of fused-ring (bicyclic) bond motifs is 1. The van der Waals surface area contributed by atoms with Crippen LogP contribution in [-0.4, -0.2) is 42.5 Å². The molecule has 160 valence electrons. The van der Waals surface area contributed by atoms with Crippen molar-refractivity contribution in [2.24, 2.45) is 0 Å². The van der Waals surface area contributed by atoms with E-state index in [0.717, 1.165) is 16.7 Å². The first-order valence-corrected chi connectivity index (χ1v) is 10.4. The van der Waals surface area contributed by atoms with E-state index in [-0.39, 0.29) is 17.8 Å². The van der Waals surface area contributed by atoms with E-state index in [1.165, 1.54) is 11.3 Å². The van der Waals surface area contributed by atoms with Crippen LogP contribution in [0, 0.1) is 0 Å². The first kappa shape index (κ1) is 21.8. The first-order chi connectivity index (χ1) is 14.2. The number of esters is 1. The molecule has 0 radical (unpaired) electrons. The number of aldehydes is 1. The van der Waals surface area contributed by atoms with Crippen molar-refractivity contribution in [3.63, 3.8) is 0 Å². The van der Waals surface area contributed by atoms with Crippen LogP contribution in [0.1, 0.15) is 48.6 Å². The first-order valence-electron chi connectivity index (χ1n) is 9.61. The minimum Gasteiger partial charge on any atom is -0.496 e. The number of ether oxygens (including phenoxy) is 3. The molecule has 0 spiro atoms. The van der Waals surface area contributed by atoms with Gasteiger partial charge in [-0.25, -0.2) is 4.98 Å². The van der Waals surface area contributed by atoms with Crippen molar-refractivity contribution in [1.82, 2.24) is 9.38 Å². The van der Waals surface area contributed by atoms with Gasteiger partial charge in [-0.15, -0.1) is 11.3 Å². The molecule has 2 heterocycles. The van der Waals surface area contributed by atoms with Crippen LogP contribution in [0.3, 0.4) is 0 Å². The van der Waals surface area contributed by atoms with E-state index in [1.54, 1.807) is 31.7 Å². The van der Waals surface area contributed by atoms with Gasteiger partial charge >= 0.3 is 5.97 Å². The number of aromatic nitrogens is 2. The van der Waals surface area contributed by atoms with Crippen LogP contribution in [0.5, 0.6) is 11.5 Å². The molecule has 0 atom stereocenters. The molecule has 1 aromatic carbocycles. The van der Waals surface area contributed by atoms with Gasteiger partial charge < -0.3 is 14.2 Å². The van der Waals surface area contributed by atoms with Crippen LogP contribution in [0.4, 0.5) is 0 Å². The van der Waals surface area contributed by atoms with E-state index >= 15 is 0 Å². The number of imidazole rings is 1. The van der Waals surface area contributed by atoms with Gasteiger partial charge in [0, 0.05) is 22.2 Å². The highest BCUT2D eigenvalue weighted by Gasteiger charge is 2.25. The predicted octanol–water partition coefficient (Wildman–Crippen LogP) is 4.30. The number of methoxy groups -OCH3 is 2. The summed E-state index contributed by atoms with van der Waals surface area (Å²) < 4.78 is 18.0. The van der Waals surface area contributed by atoms with E-state index < -0.39 is 0 Å². The summed E-state index contributed by atoms with van der Waals surface area (Å²) >= 11 is 1.35. The van der Waals surface area contributed by atoms with Crippen molar-refractivity contribution >= 4 is 28.6 Å². The molecule has 2 aromatic heterocycles. The maximum atomic E-state index is 12.0. The Hall–Kier alpha value is -2.87. The third kappa shape index (κ3) is 4.05. The average Bonchev–Trinajstić information content (AvgIpc) is 3.22. The third-order valence-electron chi connectivity index (χ3n) is 4.73. The Balaban J connectivity index is 2.13. The molecule has 0 fully saturated rings. The monoisotopic (exact) mass is 430 g/mol. The molecule has 0 aliphatic heterocycles. The highest BCUT2D eigenvalue weighted by atomic mass is 32.1. The number of benzene rings is 1. The van der Waals surface area contributed by atoms with Gasteiger partial charge in [0.1, 0.15) is 22.9 Å². The molecule has 7 nitrogen and oxygen atoms in total. The minimum absolute atomic E-state index is 0.146. The second-order valence-corrected chi connectivity index (χ2v) is 8.89. The van der Waals surface area contributed by atoms with Crippen LogP contribution >= 0.6 is 11.3 Å². The zero-order valence-corrected chi connectivity index (χ0v) is 18.9. The molecular formula is C22H26N2O5S. The molecule has 0 aliphatic carbocycles. The Morgan fingerprint density at radius 1 is 1.20 bits per heavy atom. The lowest BCUT2D eigenvalue weighted by Crippen LogP contribution is -2.13. The van der Waals surface area contributed by atoms with Crippen LogP contribution in [0.2, 0.25) is 0 Å². The van der Waals surface area contributed by atoms with E-state index in [0.29, 0.717) is 40.0 Å². The number of rotatable bonds is 7. The summed E-state index contributed by atoms with van der Waals surface area (Å²) in [6.07, 6.45) is 2.66. The molecular weight excluding hydrogens is 404 g/mol. The van der Waals surface area contributed by atoms with Crippen molar-refractivity contribution in [1.29, 1.82) is 0 Å². The molecule has 0 aliphatic rings. The highest BCUT2D eigenvalue weighted by Crippen LogP contribution is 2.42. The largest absolute Gasteiger partial charge is 0.496 e. The molecule has 0 bridgehead atoms. The zero-order valence-electron chi connectivity index (χ0n) is 18.1. The minimum atomic E-state index is -0.306. The highest BCUT2D eigenvalue weighted by molar-refractivity contribution is 7.17. The zero-order chi connectivity index (χ0) is 22.1. The predicted molar refractivity (Wildman–Crippen MR) is 116 cm³/mol. The fourth-order valence-corrected chi connectivity index (χ4v) is 4.29. The lowest BCUT2D eigenvalue weighted by Gasteiger charge is -2.24. The molecule has 0 unspecified atom stereocenters. The summed E-state index contributed by atoms with van der Waals surface area (Å²) in [5.74, 6) is 1.01. The SMILES string of the molecule is CCOC(=O)Cc1cn2c(C=O)c(-c3cc(OC)c(C(C)(C)C)cc3OC)nc2s1. The Labute approximate surface area is 179 Å². The van der Waals surface area contributed by atoms with Crippen LogP contribution in [0.25, 0.3) is 16.2 Å². The fourth-order valence-electron chi connectivity index (χ4n) is 3.32. The van der Waals surface area contributed by atoms with E-state index in [9.17, 15) is 9.59 Å². The van der Waals surface area contributed by atoms with Gasteiger partial charge in [0.2, 0.25) is 0 Å². The average molecular weight is 431 g/mol. The quantitative estimate of drug-likeness (QED) is 0.411. The summed E-state index contributed by atoms with van der Waals surface area (Å²) in [5.41, 5.74) is 2.42. The van der Waals surface area contributed by atoms with Crippen LogP contribution in [0.15, 0.2) is 18.3 Å². The van der Waals surface area contributed by atoms with Crippen molar-refractivity contribution in [2.75, 3.05) is 20.8 Å². The van der Waals surface area contributed by atoms with Crippen molar-refractivity contribution in [2.45, 2.75) is 39.5 Å². The van der Waals surface area contributed by atoms with Gasteiger partial charge in [-0.3, -0.25) is 14.0 Å². The van der Waals surface area contributed by atoms with Gasteiger partial charge in [-0.1, -0.05) is 20.8 Å². The summed E-state index contributed by atoms with van der Waals surface area (Å²) in [7, 11) is 3.21. The van der Waals surface area contributed by atoms with E-state index in [1.807, 2.05) is 12.1 Å². The second kappa shape index (κ2) is 8.47. The standard InChI is InChI=1S/C22H26N2O5S/c1-7-29-19(26)8-13-11-24-16(12-25)20(23-21(24)30-13)14-9-18(28-6)15(22(2,3)4)10-17(14)27-5/h9-12H,7-8H2,1-6H3. The smallest absolute Gasteiger partial charge is 0.311 e. The van der Waals surface area contributed by atoms with Gasteiger partial charge in [-0.05, 0) is 24.5 Å². The molecule has 0 N–H and O–H groups in total. The Morgan fingerprint density at radius 2 is 1.90 bits per heavy atom. The maximum absolute atomic E-state index is 12.0. The molecule has 0 amide bonds. The maximum Gasteiger partial charge on any atom is 0.311 e. The van der Waals surface area contributed by atoms with Crippen molar-refractivity contribution in [3.05, 3.63) is 34.5 Å². The number of carbonyl (C=O) groups is 2. The number of nitrogens with zero attached hydrogens (tertiary/aromatic N) is 2. The number of hydrogen-bond acceptors (Lipinski definition) is 7. The third-order valence-corrected chi connectivity index (χ3v) is 5.71. The van der Waals surface area contributed by atoms with E-state index in [4.69, 9.17) is 14.2 Å². The molecule has 3 rings (SSSR count). The topological polar surface area (TPSA) is 79.1 Å². The number of thiazole rings is 1. The summed E-state index contributed by atoms with van der Waals surface area (Å²) in [6, 6.07) is 3.79. The molecule has 8 heteroatoms. The van der Waals surface area contributed by atoms with Gasteiger partial charge in [0.25, 0.3) is 0 Å². The Kier molecular flexibility index (Phi) is 6.17. The Morgan fingerprint density at radius 3 is 2.47 bits per heavy atom. The van der Waals surface area contributed by atoms with Crippen molar-refractivity contribution < 1.29 is 23.8 Å². The van der Waals surface area contributed by atoms with Crippen LogP contribution < -0.4 is 9.47 Å². The molecule has 0 saturated carbocycles. The molecule has 3 aromatic rings. The normalized spacial score (nSPS) is 11.5. The Bertz CT molecular complexity index is 1090. The second-order valence-electron chi connectivity index (χ2n) is 7.80. The molecule has 30 heavy (non-hydrogen) atoms.